The number of benzene rings is 2. The number of nitrogens with zero attached hydrogens (tertiary/aromatic N) is 2. The Morgan fingerprint density at radius 2 is 2.03 bits per heavy atom. The third-order valence-corrected chi connectivity index (χ3v) is 7.09. The second-order valence-electron chi connectivity index (χ2n) is 7.84. The number of aromatic nitrogens is 1. The quantitative estimate of drug-likeness (QED) is 0.422. The van der Waals surface area contributed by atoms with Crippen LogP contribution in [0, 0.1) is 5.92 Å². The number of anilines is 1. The molecule has 6 nitrogen and oxygen atoms in total. The van der Waals surface area contributed by atoms with Gasteiger partial charge in [-0.25, -0.2) is 4.99 Å². The molecule has 1 saturated carbocycles. The molecule has 0 radical (unpaired) electrons. The molecule has 9 heteroatoms. The summed E-state index contributed by atoms with van der Waals surface area (Å²) in [7, 11) is 0. The molecule has 0 spiro atoms. The van der Waals surface area contributed by atoms with Gasteiger partial charge in [-0.2, -0.15) is 0 Å². The van der Waals surface area contributed by atoms with E-state index in [-0.39, 0.29) is 17.7 Å². The maximum Gasteiger partial charge on any atom is 0.264 e. The number of rotatable bonds is 4. The Labute approximate surface area is 204 Å². The molecule has 2 N–H and O–H groups in total. The van der Waals surface area contributed by atoms with Gasteiger partial charge in [-0.1, -0.05) is 41.8 Å². The monoisotopic (exact) mass is 496 g/mol. The van der Waals surface area contributed by atoms with Crippen LogP contribution in [0.1, 0.15) is 24.8 Å². The van der Waals surface area contributed by atoms with Gasteiger partial charge >= 0.3 is 0 Å². The molecule has 1 aliphatic carbocycles. The van der Waals surface area contributed by atoms with E-state index in [2.05, 4.69) is 20.6 Å². The maximum atomic E-state index is 12.5. The van der Waals surface area contributed by atoms with Crippen molar-refractivity contribution in [1.82, 2.24) is 10.3 Å². The van der Waals surface area contributed by atoms with Gasteiger partial charge in [-0.15, -0.1) is 0 Å². The number of thioether (sulfide) groups is 1. The van der Waals surface area contributed by atoms with Crippen LogP contribution in [-0.2, 0) is 9.59 Å². The van der Waals surface area contributed by atoms with Crippen molar-refractivity contribution < 1.29 is 9.59 Å². The number of nitrogens with one attached hydrogen (secondary N) is 2. The number of carbonyl (C=O) groups is 2. The van der Waals surface area contributed by atoms with E-state index in [0.29, 0.717) is 31.5 Å². The van der Waals surface area contributed by atoms with Crippen LogP contribution in [0.2, 0.25) is 10.0 Å². The first-order valence-electron chi connectivity index (χ1n) is 10.4. The number of hydrogen-bond donors (Lipinski definition) is 2. The zero-order valence-electron chi connectivity index (χ0n) is 17.3. The van der Waals surface area contributed by atoms with Crippen LogP contribution in [0.4, 0.5) is 11.4 Å². The molecule has 0 bridgehead atoms. The van der Waals surface area contributed by atoms with E-state index < -0.39 is 0 Å². The van der Waals surface area contributed by atoms with Crippen LogP contribution in [0.3, 0.4) is 0 Å². The van der Waals surface area contributed by atoms with Gasteiger partial charge in [-0.3, -0.25) is 14.6 Å². The van der Waals surface area contributed by atoms with E-state index in [1.54, 1.807) is 18.3 Å². The lowest BCUT2D eigenvalue weighted by atomic mass is 9.85. The smallest absolute Gasteiger partial charge is 0.264 e. The number of pyridine rings is 1. The zero-order valence-corrected chi connectivity index (χ0v) is 19.6. The lowest BCUT2D eigenvalue weighted by Crippen LogP contribution is -2.28. The summed E-state index contributed by atoms with van der Waals surface area (Å²) in [5.41, 5.74) is 2.64. The average molecular weight is 497 g/mol. The van der Waals surface area contributed by atoms with Crippen molar-refractivity contribution in [2.45, 2.75) is 19.3 Å². The van der Waals surface area contributed by atoms with Gasteiger partial charge in [0.1, 0.15) is 0 Å². The lowest BCUT2D eigenvalue weighted by molar-refractivity contribution is -0.122. The highest BCUT2D eigenvalue weighted by atomic mass is 35.5. The summed E-state index contributed by atoms with van der Waals surface area (Å²) in [5.74, 6) is -0.271. The predicted molar refractivity (Wildman–Crippen MR) is 135 cm³/mol. The van der Waals surface area contributed by atoms with Crippen molar-refractivity contribution in [1.29, 1.82) is 0 Å². The molecule has 1 saturated heterocycles. The number of halogens is 2. The molecular formula is C24H18Cl2N4O2S. The zero-order chi connectivity index (χ0) is 22.9. The van der Waals surface area contributed by atoms with Crippen molar-refractivity contribution in [3.05, 3.63) is 69.2 Å². The van der Waals surface area contributed by atoms with Gasteiger partial charge in [0.05, 0.1) is 31.8 Å². The summed E-state index contributed by atoms with van der Waals surface area (Å²) in [6.45, 7) is 0. The highest BCUT2D eigenvalue weighted by Crippen LogP contribution is 2.37. The molecule has 5 rings (SSSR count). The molecule has 166 valence electrons. The molecule has 2 fully saturated rings. The summed E-state index contributed by atoms with van der Waals surface area (Å²) in [6.07, 6.45) is 6.39. The number of amidine groups is 1. The second kappa shape index (κ2) is 9.17. The molecular weight excluding hydrogens is 479 g/mol. The molecule has 2 aromatic carbocycles. The van der Waals surface area contributed by atoms with Crippen molar-refractivity contribution >= 4 is 80.3 Å². The fraction of sp³-hybridized carbons (Fsp3) is 0.167. The Hall–Kier alpha value is -2.87. The van der Waals surface area contributed by atoms with E-state index in [9.17, 15) is 9.59 Å². The van der Waals surface area contributed by atoms with E-state index in [4.69, 9.17) is 23.2 Å². The van der Waals surface area contributed by atoms with Crippen LogP contribution in [0.15, 0.2) is 58.6 Å². The van der Waals surface area contributed by atoms with E-state index in [1.807, 2.05) is 36.4 Å². The summed E-state index contributed by atoms with van der Waals surface area (Å²) in [4.78, 5) is 34.1. The van der Waals surface area contributed by atoms with Gasteiger partial charge in [-0.05, 0) is 66.6 Å². The van der Waals surface area contributed by atoms with Gasteiger partial charge in [0.25, 0.3) is 5.91 Å². The van der Waals surface area contributed by atoms with Crippen molar-refractivity contribution in [2.24, 2.45) is 10.9 Å². The minimum absolute atomic E-state index is 0.0229. The van der Waals surface area contributed by atoms with Crippen molar-refractivity contribution in [3.8, 4) is 0 Å². The van der Waals surface area contributed by atoms with E-state index >= 15 is 0 Å². The van der Waals surface area contributed by atoms with Crippen molar-refractivity contribution in [3.63, 3.8) is 0 Å². The van der Waals surface area contributed by atoms with Gasteiger partial charge in [0.2, 0.25) is 5.91 Å². The first kappa shape index (κ1) is 21.9. The second-order valence-corrected chi connectivity index (χ2v) is 9.68. The predicted octanol–water partition coefficient (Wildman–Crippen LogP) is 6.17. The van der Waals surface area contributed by atoms with Gasteiger partial charge in [0.15, 0.2) is 5.17 Å². The molecule has 0 atom stereocenters. The number of hydrogen-bond acceptors (Lipinski definition) is 5. The fourth-order valence-electron chi connectivity index (χ4n) is 3.55. The molecule has 33 heavy (non-hydrogen) atoms. The normalized spacial score (nSPS) is 18.5. The fourth-order valence-corrected chi connectivity index (χ4v) is 4.86. The summed E-state index contributed by atoms with van der Waals surface area (Å²) in [6, 6.07) is 12.8. The lowest BCUT2D eigenvalue weighted by Gasteiger charge is -2.24. The molecule has 3 aromatic rings. The molecule has 2 heterocycles. The Balaban J connectivity index is 1.38. The van der Waals surface area contributed by atoms with Crippen LogP contribution in [-0.4, -0.2) is 22.0 Å². The van der Waals surface area contributed by atoms with Crippen LogP contribution < -0.4 is 10.6 Å². The van der Waals surface area contributed by atoms with Gasteiger partial charge < -0.3 is 10.6 Å². The molecule has 0 unspecified atom stereocenters. The summed E-state index contributed by atoms with van der Waals surface area (Å²) >= 11 is 13.8. The number of carbonyl (C=O) groups excluding carboxylic acids is 2. The minimum atomic E-state index is -0.242. The summed E-state index contributed by atoms with van der Waals surface area (Å²) < 4.78 is 0. The average Bonchev–Trinajstić information content (AvgIpc) is 3.08. The van der Waals surface area contributed by atoms with Crippen molar-refractivity contribution in [2.75, 3.05) is 5.32 Å². The number of aliphatic imine (C=N–C) groups is 1. The Morgan fingerprint density at radius 1 is 1.18 bits per heavy atom. The highest BCUT2D eigenvalue weighted by Gasteiger charge is 2.27. The Morgan fingerprint density at radius 3 is 2.82 bits per heavy atom. The third-order valence-electron chi connectivity index (χ3n) is 5.57. The van der Waals surface area contributed by atoms with Crippen LogP contribution >= 0.6 is 35.0 Å². The SMILES string of the molecule is O=C1NC(=Nc2cc(NC(=O)C3CCC3)c(Cl)cc2Cl)SC1=Cc1ccc2ncccc2c1. The standard InChI is InChI=1S/C24H18Cl2N4O2S/c25-16-11-17(26)20(12-19(16)28-22(31)14-3-1-4-14)29-24-30-23(32)21(33-24)10-13-6-7-18-15(9-13)5-2-8-27-18/h2,5-12,14H,1,3-4H2,(H,28,31)(H,29,30,32). The minimum Gasteiger partial charge on any atom is -0.324 e. The highest BCUT2D eigenvalue weighted by molar-refractivity contribution is 8.18. The first-order valence-corrected chi connectivity index (χ1v) is 12.0. The number of fused-ring (bicyclic) bond motifs is 1. The number of amides is 2. The first-order chi connectivity index (χ1) is 16.0. The topological polar surface area (TPSA) is 83.5 Å². The molecule has 2 amide bonds. The molecule has 1 aliphatic heterocycles. The van der Waals surface area contributed by atoms with E-state index in [0.717, 1.165) is 35.7 Å². The Bertz CT molecular complexity index is 1350. The Kier molecular flexibility index (Phi) is 6.10. The summed E-state index contributed by atoms with van der Waals surface area (Å²) in [5, 5.41) is 7.68. The largest absolute Gasteiger partial charge is 0.324 e. The van der Waals surface area contributed by atoms with E-state index in [1.165, 1.54) is 11.8 Å². The van der Waals surface area contributed by atoms with Gasteiger partial charge in [0, 0.05) is 17.5 Å². The maximum absolute atomic E-state index is 12.5. The van der Waals surface area contributed by atoms with Crippen LogP contribution in [0.25, 0.3) is 17.0 Å². The molecule has 2 aliphatic rings. The third kappa shape index (κ3) is 4.76. The molecule has 1 aromatic heterocycles. The van der Waals surface area contributed by atoms with Crippen LogP contribution in [0.5, 0.6) is 0 Å².